The van der Waals surface area contributed by atoms with Gasteiger partial charge >= 0.3 is 0 Å². The van der Waals surface area contributed by atoms with Crippen molar-refractivity contribution in [2.24, 2.45) is 0 Å². The van der Waals surface area contributed by atoms with Gasteiger partial charge in [0.05, 0.1) is 0 Å². The van der Waals surface area contributed by atoms with Gasteiger partial charge in [-0.25, -0.2) is 0 Å². The van der Waals surface area contributed by atoms with Crippen LogP contribution in [0.4, 0.5) is 0 Å². The molecule has 1 atom stereocenters. The monoisotopic (exact) mass is 236 g/mol. The molecule has 0 saturated heterocycles. The summed E-state index contributed by atoms with van der Waals surface area (Å²) >= 11 is 0. The summed E-state index contributed by atoms with van der Waals surface area (Å²) in [6.07, 6.45) is 0. The molecule has 1 unspecified atom stereocenters. The van der Waals surface area contributed by atoms with Crippen LogP contribution in [0.3, 0.4) is 0 Å². The lowest BCUT2D eigenvalue weighted by molar-refractivity contribution is 0.400. The first-order valence-electron chi connectivity index (χ1n) is 4.77. The number of hydrogen-bond acceptors (Lipinski definition) is 3. The lowest BCUT2D eigenvalue weighted by Crippen LogP contribution is -2.63. The fourth-order valence-corrected chi connectivity index (χ4v) is 12.0. The molecular formula is C7H24N2OSi3. The summed E-state index contributed by atoms with van der Waals surface area (Å²) in [5.41, 5.74) is 0. The summed E-state index contributed by atoms with van der Waals surface area (Å²) < 4.78 is 12.8. The van der Waals surface area contributed by atoms with Crippen molar-refractivity contribution in [2.45, 2.75) is 39.3 Å². The largest absolute Gasteiger partial charge is 0.407 e. The first-order valence-corrected chi connectivity index (χ1v) is 13.5. The molecule has 13 heavy (non-hydrogen) atoms. The molecule has 0 spiro atoms. The van der Waals surface area contributed by atoms with Crippen LogP contribution in [0.15, 0.2) is 0 Å². The van der Waals surface area contributed by atoms with Crippen molar-refractivity contribution in [3.8, 4) is 0 Å². The highest BCUT2D eigenvalue weighted by Gasteiger charge is 2.26. The average Bonchev–Trinajstić information content (AvgIpc) is 1.81. The third-order valence-corrected chi connectivity index (χ3v) is 12.5. The Bertz CT molecular complexity index is 158. The van der Waals surface area contributed by atoms with E-state index in [0.717, 1.165) is 0 Å². The van der Waals surface area contributed by atoms with Gasteiger partial charge in [0, 0.05) is 7.11 Å². The van der Waals surface area contributed by atoms with Gasteiger partial charge < -0.3 is 13.7 Å². The SMILES string of the molecule is CO[Si](C)(C)N[SiH](C)N[Si](C)(C)C. The van der Waals surface area contributed by atoms with Crippen molar-refractivity contribution >= 4 is 25.8 Å². The van der Waals surface area contributed by atoms with Crippen molar-refractivity contribution in [3.63, 3.8) is 0 Å². The quantitative estimate of drug-likeness (QED) is 0.704. The molecule has 2 N–H and O–H groups in total. The van der Waals surface area contributed by atoms with Crippen molar-refractivity contribution in [1.82, 2.24) is 9.30 Å². The Morgan fingerprint density at radius 2 is 1.46 bits per heavy atom. The Hall–Kier alpha value is 0.531. The van der Waals surface area contributed by atoms with Gasteiger partial charge in [-0.05, 0) is 19.6 Å². The molecular weight excluding hydrogens is 212 g/mol. The Morgan fingerprint density at radius 3 is 1.77 bits per heavy atom. The van der Waals surface area contributed by atoms with Crippen molar-refractivity contribution < 1.29 is 4.43 Å². The lowest BCUT2D eigenvalue weighted by Gasteiger charge is -2.30. The first kappa shape index (κ1) is 13.5. The highest BCUT2D eigenvalue weighted by molar-refractivity contribution is 6.87. The summed E-state index contributed by atoms with van der Waals surface area (Å²) in [6, 6.07) is 0. The van der Waals surface area contributed by atoms with Gasteiger partial charge in [0.1, 0.15) is 8.24 Å². The van der Waals surface area contributed by atoms with E-state index in [1.807, 2.05) is 0 Å². The predicted octanol–water partition coefficient (Wildman–Crippen LogP) is 1.20. The molecule has 0 saturated carbocycles. The smallest absolute Gasteiger partial charge is 0.256 e. The van der Waals surface area contributed by atoms with Crippen LogP contribution in [-0.2, 0) is 4.43 Å². The second-order valence-electron chi connectivity index (χ2n) is 4.97. The summed E-state index contributed by atoms with van der Waals surface area (Å²) in [4.78, 5) is 0. The highest BCUT2D eigenvalue weighted by atomic mass is 28.4. The zero-order valence-electron chi connectivity index (χ0n) is 9.99. The molecule has 0 heterocycles. The van der Waals surface area contributed by atoms with Gasteiger partial charge in [0.25, 0.3) is 8.48 Å². The van der Waals surface area contributed by atoms with E-state index in [1.165, 1.54) is 0 Å². The van der Waals surface area contributed by atoms with Gasteiger partial charge in [0.2, 0.25) is 0 Å². The van der Waals surface area contributed by atoms with Crippen LogP contribution in [0.25, 0.3) is 0 Å². The third kappa shape index (κ3) is 7.59. The van der Waals surface area contributed by atoms with E-state index in [0.29, 0.717) is 0 Å². The molecule has 0 radical (unpaired) electrons. The molecule has 0 amide bonds. The van der Waals surface area contributed by atoms with Gasteiger partial charge in [-0.1, -0.05) is 19.6 Å². The topological polar surface area (TPSA) is 33.3 Å². The molecule has 0 aromatic rings. The van der Waals surface area contributed by atoms with Crippen LogP contribution < -0.4 is 9.30 Å². The Morgan fingerprint density at radius 1 is 1.00 bits per heavy atom. The maximum absolute atomic E-state index is 5.46. The number of nitrogens with one attached hydrogen (secondary N) is 2. The molecule has 0 aliphatic rings. The molecule has 0 aromatic heterocycles. The van der Waals surface area contributed by atoms with Crippen LogP contribution in [0.5, 0.6) is 0 Å². The Balaban J connectivity index is 3.94. The standard InChI is InChI=1S/C7H24N2OSi3/c1-10-13(6,7)9-11(2)8-12(3,4)5/h8-9,11H,1-7H3. The fraction of sp³-hybridized carbons (Fsp3) is 1.00. The number of rotatable bonds is 5. The van der Waals surface area contributed by atoms with E-state index in [4.69, 9.17) is 4.43 Å². The predicted molar refractivity (Wildman–Crippen MR) is 67.1 cm³/mol. The molecule has 80 valence electrons. The Labute approximate surface area is 86.3 Å². The van der Waals surface area contributed by atoms with Crippen LogP contribution in [0.1, 0.15) is 0 Å². The van der Waals surface area contributed by atoms with E-state index in [9.17, 15) is 0 Å². The minimum Gasteiger partial charge on any atom is -0.407 e. The van der Waals surface area contributed by atoms with E-state index in [2.05, 4.69) is 48.6 Å². The average molecular weight is 237 g/mol. The zero-order valence-corrected chi connectivity index (χ0v) is 13.1. The summed E-state index contributed by atoms with van der Waals surface area (Å²) in [6.45, 7) is 13.7. The van der Waals surface area contributed by atoms with Crippen molar-refractivity contribution in [1.29, 1.82) is 0 Å². The zero-order chi connectivity index (χ0) is 10.7. The van der Waals surface area contributed by atoms with Crippen molar-refractivity contribution in [3.05, 3.63) is 0 Å². The lowest BCUT2D eigenvalue weighted by atomic mass is 11.8. The van der Waals surface area contributed by atoms with Crippen LogP contribution in [0.2, 0.25) is 39.3 Å². The normalized spacial score (nSPS) is 15.9. The van der Waals surface area contributed by atoms with Gasteiger partial charge in [-0.2, -0.15) is 0 Å². The minimum absolute atomic E-state index is 0.971. The second-order valence-corrected chi connectivity index (χ2v) is 16.7. The third-order valence-electron chi connectivity index (χ3n) is 1.72. The summed E-state index contributed by atoms with van der Waals surface area (Å²) in [5, 5.41) is 0. The summed E-state index contributed by atoms with van der Waals surface area (Å²) in [5.74, 6) is 0. The van der Waals surface area contributed by atoms with Gasteiger partial charge in [-0.3, -0.25) is 0 Å². The fourth-order valence-electron chi connectivity index (χ4n) is 1.27. The van der Waals surface area contributed by atoms with Crippen molar-refractivity contribution in [2.75, 3.05) is 7.11 Å². The van der Waals surface area contributed by atoms with Crippen LogP contribution >= 0.6 is 0 Å². The first-order chi connectivity index (χ1) is 5.66. The second kappa shape index (κ2) is 4.85. The van der Waals surface area contributed by atoms with E-state index < -0.39 is 25.8 Å². The van der Waals surface area contributed by atoms with E-state index in [1.54, 1.807) is 7.11 Å². The molecule has 0 aliphatic carbocycles. The van der Waals surface area contributed by atoms with Gasteiger partial charge in [-0.15, -0.1) is 0 Å². The van der Waals surface area contributed by atoms with Crippen LogP contribution in [0, 0.1) is 0 Å². The molecule has 0 rings (SSSR count). The molecule has 0 fully saturated rings. The van der Waals surface area contributed by atoms with Gasteiger partial charge in [0.15, 0.2) is 9.12 Å². The maximum atomic E-state index is 5.46. The highest BCUT2D eigenvalue weighted by Crippen LogP contribution is 1.99. The van der Waals surface area contributed by atoms with E-state index in [-0.39, 0.29) is 0 Å². The molecule has 0 aromatic carbocycles. The molecule has 6 heteroatoms. The maximum Gasteiger partial charge on any atom is 0.256 e. The Kier molecular flexibility index (Phi) is 5.05. The minimum atomic E-state index is -1.57. The number of hydrogen-bond donors (Lipinski definition) is 2. The van der Waals surface area contributed by atoms with Crippen LogP contribution in [-0.4, -0.2) is 32.9 Å². The van der Waals surface area contributed by atoms with E-state index >= 15 is 0 Å². The summed E-state index contributed by atoms with van der Waals surface area (Å²) in [7, 11) is -1.86. The molecule has 0 bridgehead atoms. The molecule has 3 nitrogen and oxygen atoms in total. The molecule has 0 aliphatic heterocycles.